The lowest BCUT2D eigenvalue weighted by molar-refractivity contribution is 0.266. The summed E-state index contributed by atoms with van der Waals surface area (Å²) >= 11 is 0. The highest BCUT2D eigenvalue weighted by molar-refractivity contribution is 5.24. The Morgan fingerprint density at radius 1 is 1.73 bits per heavy atom. The average molecular weight is 157 g/mol. The number of aliphatic hydroxyl groups is 1. The quantitative estimate of drug-likeness (QED) is 0.687. The summed E-state index contributed by atoms with van der Waals surface area (Å²) in [5.74, 6) is -0.499. The molecule has 0 aliphatic rings. The Hall–Kier alpha value is -1.16. The molecule has 4 heteroatoms. The predicted octanol–water partition coefficient (Wildman–Crippen LogP) is 0.722. The Kier molecular flexibility index (Phi) is 2.38. The number of hydrogen-bond donors (Lipinski definition) is 1. The van der Waals surface area contributed by atoms with E-state index in [1.54, 1.807) is 0 Å². The van der Waals surface area contributed by atoms with Gasteiger partial charge in [0.05, 0.1) is 13.7 Å². The third kappa shape index (κ3) is 1.46. The number of nitrogens with zero attached hydrogens (tertiary/aromatic N) is 1. The van der Waals surface area contributed by atoms with Crippen LogP contribution in [0, 0.1) is 5.82 Å². The molecule has 0 atom stereocenters. The normalized spacial score (nSPS) is 9.73. The molecule has 0 spiro atoms. The maximum Gasteiger partial charge on any atom is 0.188 e. The molecule has 60 valence electrons. The topological polar surface area (TPSA) is 42.4 Å². The van der Waals surface area contributed by atoms with Crippen molar-refractivity contribution in [3.05, 3.63) is 23.8 Å². The number of halogens is 1. The van der Waals surface area contributed by atoms with E-state index in [-0.39, 0.29) is 11.4 Å². The van der Waals surface area contributed by atoms with Gasteiger partial charge in [-0.15, -0.1) is 0 Å². The first-order valence-electron chi connectivity index (χ1n) is 3.07. The van der Waals surface area contributed by atoms with E-state index in [0.29, 0.717) is 0 Å². The van der Waals surface area contributed by atoms with Gasteiger partial charge in [0.25, 0.3) is 0 Å². The zero-order chi connectivity index (χ0) is 8.27. The van der Waals surface area contributed by atoms with Crippen LogP contribution >= 0.6 is 0 Å². The fourth-order valence-corrected chi connectivity index (χ4v) is 0.735. The fraction of sp³-hybridized carbons (Fsp3) is 0.286. The van der Waals surface area contributed by atoms with Crippen molar-refractivity contribution in [2.24, 2.45) is 0 Å². The van der Waals surface area contributed by atoms with Gasteiger partial charge in [-0.2, -0.15) is 0 Å². The molecule has 11 heavy (non-hydrogen) atoms. The molecule has 1 heterocycles. The van der Waals surface area contributed by atoms with Gasteiger partial charge in [0.1, 0.15) is 5.69 Å². The SMILES string of the molecule is COc1ccnc(CO)c1F. The monoisotopic (exact) mass is 157 g/mol. The van der Waals surface area contributed by atoms with E-state index in [0.717, 1.165) is 0 Å². The zero-order valence-corrected chi connectivity index (χ0v) is 6.04. The van der Waals surface area contributed by atoms with Crippen molar-refractivity contribution in [2.75, 3.05) is 7.11 Å². The summed E-state index contributed by atoms with van der Waals surface area (Å²) in [6.45, 7) is -0.414. The maximum absolute atomic E-state index is 12.9. The number of pyridine rings is 1. The second kappa shape index (κ2) is 3.30. The Bertz CT molecular complexity index is 230. The molecule has 0 fully saturated rings. The number of methoxy groups -OCH3 is 1. The molecule has 1 rings (SSSR count). The molecule has 1 N–H and O–H groups in total. The van der Waals surface area contributed by atoms with Gasteiger partial charge in [-0.05, 0) is 0 Å². The Balaban J connectivity index is 3.10. The summed E-state index contributed by atoms with van der Waals surface area (Å²) in [6, 6.07) is 1.40. The van der Waals surface area contributed by atoms with Gasteiger partial charge in [-0.3, -0.25) is 4.98 Å². The Morgan fingerprint density at radius 3 is 3.00 bits per heavy atom. The van der Waals surface area contributed by atoms with Gasteiger partial charge in [0.2, 0.25) is 0 Å². The van der Waals surface area contributed by atoms with Crippen molar-refractivity contribution in [3.8, 4) is 5.75 Å². The molecule has 1 aromatic rings. The number of hydrogen-bond acceptors (Lipinski definition) is 3. The fourth-order valence-electron chi connectivity index (χ4n) is 0.735. The molecule has 0 radical (unpaired) electrons. The van der Waals surface area contributed by atoms with Crippen molar-refractivity contribution >= 4 is 0 Å². The molecule has 0 aliphatic carbocycles. The first-order chi connectivity index (χ1) is 5.29. The van der Waals surface area contributed by atoms with E-state index < -0.39 is 12.4 Å². The van der Waals surface area contributed by atoms with Crippen LogP contribution in [0.1, 0.15) is 5.69 Å². The number of aliphatic hydroxyl groups excluding tert-OH is 1. The molecular formula is C7H8FNO2. The second-order valence-electron chi connectivity index (χ2n) is 1.93. The second-order valence-corrected chi connectivity index (χ2v) is 1.93. The van der Waals surface area contributed by atoms with Crippen LogP contribution in [0.15, 0.2) is 12.3 Å². The van der Waals surface area contributed by atoms with Crippen molar-refractivity contribution in [2.45, 2.75) is 6.61 Å². The molecule has 1 aromatic heterocycles. The van der Waals surface area contributed by atoms with Gasteiger partial charge in [-0.1, -0.05) is 0 Å². The van der Waals surface area contributed by atoms with E-state index in [1.165, 1.54) is 19.4 Å². The van der Waals surface area contributed by atoms with Crippen LogP contribution < -0.4 is 4.74 Å². The summed E-state index contributed by atoms with van der Waals surface area (Å²) in [4.78, 5) is 3.60. The van der Waals surface area contributed by atoms with Crippen LogP contribution in [0.3, 0.4) is 0 Å². The van der Waals surface area contributed by atoms with Gasteiger partial charge < -0.3 is 9.84 Å². The van der Waals surface area contributed by atoms with E-state index in [2.05, 4.69) is 9.72 Å². The summed E-state index contributed by atoms with van der Waals surface area (Å²) in [5, 5.41) is 8.58. The van der Waals surface area contributed by atoms with Crippen LogP contribution in [0.2, 0.25) is 0 Å². The zero-order valence-electron chi connectivity index (χ0n) is 6.04. The van der Waals surface area contributed by atoms with Crippen molar-refractivity contribution in [1.82, 2.24) is 4.98 Å². The minimum Gasteiger partial charge on any atom is -0.494 e. The highest BCUT2D eigenvalue weighted by Gasteiger charge is 2.07. The number of aromatic nitrogens is 1. The van der Waals surface area contributed by atoms with Gasteiger partial charge in [0, 0.05) is 12.3 Å². The lowest BCUT2D eigenvalue weighted by atomic mass is 10.3. The molecule has 0 amide bonds. The minimum absolute atomic E-state index is 0.00403. The predicted molar refractivity (Wildman–Crippen MR) is 36.7 cm³/mol. The van der Waals surface area contributed by atoms with E-state index >= 15 is 0 Å². The lowest BCUT2D eigenvalue weighted by Crippen LogP contribution is -1.97. The molecule has 0 bridgehead atoms. The summed E-state index contributed by atoms with van der Waals surface area (Å²) in [6.07, 6.45) is 1.38. The summed E-state index contributed by atoms with van der Waals surface area (Å²) in [5.41, 5.74) is 0.00403. The number of ether oxygens (including phenoxy) is 1. The standard InChI is InChI=1S/C7H8FNO2/c1-11-6-2-3-9-5(4-10)7(6)8/h2-3,10H,4H2,1H3. The third-order valence-electron chi connectivity index (χ3n) is 1.30. The molecule has 0 saturated heterocycles. The molecule has 3 nitrogen and oxygen atoms in total. The largest absolute Gasteiger partial charge is 0.494 e. The first kappa shape index (κ1) is 7.94. The van der Waals surface area contributed by atoms with Crippen molar-refractivity contribution in [1.29, 1.82) is 0 Å². The molecular weight excluding hydrogens is 149 g/mol. The number of rotatable bonds is 2. The average Bonchev–Trinajstić information content (AvgIpc) is 2.05. The minimum atomic E-state index is -0.600. The van der Waals surface area contributed by atoms with Crippen LogP contribution in [-0.4, -0.2) is 17.2 Å². The van der Waals surface area contributed by atoms with Gasteiger partial charge in [0.15, 0.2) is 11.6 Å². The van der Waals surface area contributed by atoms with E-state index in [1.807, 2.05) is 0 Å². The van der Waals surface area contributed by atoms with Crippen LogP contribution in [0.5, 0.6) is 5.75 Å². The van der Waals surface area contributed by atoms with Crippen LogP contribution in [0.25, 0.3) is 0 Å². The molecule has 0 unspecified atom stereocenters. The Morgan fingerprint density at radius 2 is 2.45 bits per heavy atom. The van der Waals surface area contributed by atoms with E-state index in [9.17, 15) is 4.39 Å². The van der Waals surface area contributed by atoms with Gasteiger partial charge in [-0.25, -0.2) is 4.39 Å². The van der Waals surface area contributed by atoms with Crippen molar-refractivity contribution < 1.29 is 14.2 Å². The molecule has 0 aliphatic heterocycles. The third-order valence-corrected chi connectivity index (χ3v) is 1.30. The smallest absolute Gasteiger partial charge is 0.188 e. The Labute approximate surface area is 63.5 Å². The lowest BCUT2D eigenvalue weighted by Gasteiger charge is -2.02. The highest BCUT2D eigenvalue weighted by Crippen LogP contribution is 2.17. The van der Waals surface area contributed by atoms with Crippen LogP contribution in [0.4, 0.5) is 4.39 Å². The summed E-state index contributed by atoms with van der Waals surface area (Å²) < 4.78 is 17.6. The van der Waals surface area contributed by atoms with Crippen molar-refractivity contribution in [3.63, 3.8) is 0 Å². The van der Waals surface area contributed by atoms with E-state index in [4.69, 9.17) is 5.11 Å². The van der Waals surface area contributed by atoms with Gasteiger partial charge >= 0.3 is 0 Å². The maximum atomic E-state index is 12.9. The molecule has 0 saturated carbocycles. The van der Waals surface area contributed by atoms with Crippen LogP contribution in [-0.2, 0) is 6.61 Å². The summed E-state index contributed by atoms with van der Waals surface area (Å²) in [7, 11) is 1.36. The molecule has 0 aromatic carbocycles. The highest BCUT2D eigenvalue weighted by atomic mass is 19.1. The first-order valence-corrected chi connectivity index (χ1v) is 3.07.